The highest BCUT2D eigenvalue weighted by Gasteiger charge is 2.58. The molecule has 35 heavy (non-hydrogen) atoms. The fraction of sp³-hybridized carbons (Fsp3) is 0.464. The Morgan fingerprint density at radius 3 is 3.00 bits per heavy atom. The molecule has 3 aromatic rings. The summed E-state index contributed by atoms with van der Waals surface area (Å²) in [6.07, 6.45) is 8.99. The van der Waals surface area contributed by atoms with Gasteiger partial charge in [-0.25, -0.2) is 9.37 Å². The molecule has 5 atom stereocenters. The first kappa shape index (κ1) is 22.3. The highest BCUT2D eigenvalue weighted by Crippen LogP contribution is 2.64. The minimum atomic E-state index is -0.141. The van der Waals surface area contributed by atoms with Gasteiger partial charge in [0, 0.05) is 30.3 Å². The number of nitrogens with zero attached hydrogens (tertiary/aromatic N) is 2. The van der Waals surface area contributed by atoms with Crippen LogP contribution in [-0.2, 0) is 16.6 Å². The molecule has 1 aromatic carbocycles. The number of hydrogen-bond donors (Lipinski definition) is 2. The lowest BCUT2D eigenvalue weighted by atomic mass is 9.53. The van der Waals surface area contributed by atoms with Crippen LogP contribution >= 0.6 is 0 Å². The van der Waals surface area contributed by atoms with E-state index >= 15 is 0 Å². The fourth-order valence-electron chi connectivity index (χ4n) is 7.49. The van der Waals surface area contributed by atoms with Crippen molar-refractivity contribution < 1.29 is 13.9 Å². The van der Waals surface area contributed by atoms with Crippen LogP contribution in [0.1, 0.15) is 73.2 Å². The van der Waals surface area contributed by atoms with Crippen LogP contribution in [0.3, 0.4) is 0 Å². The van der Waals surface area contributed by atoms with Crippen molar-refractivity contribution in [2.75, 3.05) is 12.4 Å². The summed E-state index contributed by atoms with van der Waals surface area (Å²) >= 11 is 0. The highest BCUT2D eigenvalue weighted by molar-refractivity contribution is 5.89. The van der Waals surface area contributed by atoms with Gasteiger partial charge in [-0.1, -0.05) is 13.0 Å². The number of carbonyl (C=O) groups is 1. The van der Waals surface area contributed by atoms with Crippen LogP contribution in [0.15, 0.2) is 42.7 Å². The lowest BCUT2D eigenvalue weighted by Crippen LogP contribution is -2.44. The summed E-state index contributed by atoms with van der Waals surface area (Å²) in [5.74, 6) is 2.64. The van der Waals surface area contributed by atoms with Crippen molar-refractivity contribution in [1.82, 2.24) is 15.2 Å². The Morgan fingerprint density at radius 2 is 2.14 bits per heavy atom. The normalized spacial score (nSPS) is 28.4. The Balaban J connectivity index is 1.25. The molecule has 182 valence electrons. The number of aryl methyl sites for hydroxylation is 1. The summed E-state index contributed by atoms with van der Waals surface area (Å²) in [7, 11) is 1.60. The average molecular weight is 475 g/mol. The Morgan fingerprint density at radius 1 is 1.26 bits per heavy atom. The minimum absolute atomic E-state index is 0.00350. The standard InChI is InChI=1S/C28H31FN4O2/c1-28-11-9-20-19-6-4-17(29)13-16(19)3-5-21(20)26(28)22(23-15-31-33-27(23)28)7-8-25(34)32-24-14-18(35-2)10-12-30-24/h4,6,10,12-15,20-22,26H,3,5,7-9,11H2,1-2H3,(H,31,33)(H,30,32,34)/t20?,21?,22-,26?,28+/m1/s1. The molecule has 6 rings (SSSR count). The molecular weight excluding hydrogens is 443 g/mol. The molecule has 0 saturated heterocycles. The van der Waals surface area contributed by atoms with Gasteiger partial charge in [0.15, 0.2) is 0 Å². The van der Waals surface area contributed by atoms with Crippen molar-refractivity contribution in [3.05, 3.63) is 70.9 Å². The van der Waals surface area contributed by atoms with E-state index in [1.165, 1.54) is 22.4 Å². The number of nitrogens with one attached hydrogen (secondary N) is 2. The van der Waals surface area contributed by atoms with Gasteiger partial charge in [0.2, 0.25) is 5.91 Å². The summed E-state index contributed by atoms with van der Waals surface area (Å²) in [6.45, 7) is 2.37. The van der Waals surface area contributed by atoms with E-state index in [-0.39, 0.29) is 23.1 Å². The Hall–Kier alpha value is -3.22. The second kappa shape index (κ2) is 8.47. The van der Waals surface area contributed by atoms with E-state index < -0.39 is 0 Å². The molecule has 0 radical (unpaired) electrons. The number of fused-ring (bicyclic) bond motifs is 7. The third-order valence-corrected chi connectivity index (χ3v) is 8.90. The van der Waals surface area contributed by atoms with E-state index in [1.54, 1.807) is 37.6 Å². The van der Waals surface area contributed by atoms with E-state index in [1.807, 2.05) is 12.3 Å². The number of aromatic amines is 1. The second-order valence-electron chi connectivity index (χ2n) is 10.6. The van der Waals surface area contributed by atoms with Gasteiger partial charge in [0.1, 0.15) is 17.4 Å². The topological polar surface area (TPSA) is 79.9 Å². The van der Waals surface area contributed by atoms with E-state index in [2.05, 4.69) is 22.3 Å². The van der Waals surface area contributed by atoms with E-state index in [0.717, 1.165) is 32.1 Å². The van der Waals surface area contributed by atoms with Crippen molar-refractivity contribution in [3.8, 4) is 5.75 Å². The number of anilines is 1. The van der Waals surface area contributed by atoms with Crippen LogP contribution in [0, 0.1) is 17.7 Å². The molecule has 0 bridgehead atoms. The molecule has 3 aliphatic rings. The van der Waals surface area contributed by atoms with Crippen LogP contribution in [0.4, 0.5) is 10.2 Å². The summed E-state index contributed by atoms with van der Waals surface area (Å²) in [5, 5.41) is 10.7. The minimum Gasteiger partial charge on any atom is -0.497 e. The molecular formula is C28H31FN4O2. The first-order valence-corrected chi connectivity index (χ1v) is 12.6. The molecule has 1 saturated carbocycles. The van der Waals surface area contributed by atoms with Crippen LogP contribution in [0.5, 0.6) is 5.75 Å². The predicted octanol–water partition coefficient (Wildman–Crippen LogP) is 5.48. The molecule has 2 heterocycles. The van der Waals surface area contributed by atoms with Crippen LogP contribution in [0.2, 0.25) is 0 Å². The molecule has 2 N–H and O–H groups in total. The molecule has 1 amide bonds. The van der Waals surface area contributed by atoms with Crippen molar-refractivity contribution in [3.63, 3.8) is 0 Å². The lowest BCUT2D eigenvalue weighted by molar-refractivity contribution is -0.116. The van der Waals surface area contributed by atoms with Crippen molar-refractivity contribution >= 4 is 11.7 Å². The van der Waals surface area contributed by atoms with Gasteiger partial charge < -0.3 is 10.1 Å². The summed E-state index contributed by atoms with van der Waals surface area (Å²) < 4.78 is 19.1. The third-order valence-electron chi connectivity index (χ3n) is 8.90. The second-order valence-corrected chi connectivity index (χ2v) is 10.6. The Kier molecular flexibility index (Phi) is 5.38. The van der Waals surface area contributed by atoms with Gasteiger partial charge in [0.05, 0.1) is 12.8 Å². The first-order chi connectivity index (χ1) is 17.0. The smallest absolute Gasteiger partial charge is 0.225 e. The van der Waals surface area contributed by atoms with Gasteiger partial charge >= 0.3 is 0 Å². The molecule has 0 spiro atoms. The van der Waals surface area contributed by atoms with E-state index in [4.69, 9.17) is 9.84 Å². The van der Waals surface area contributed by atoms with Gasteiger partial charge in [-0.3, -0.25) is 9.89 Å². The fourth-order valence-corrected chi connectivity index (χ4v) is 7.49. The molecule has 3 unspecified atom stereocenters. The molecule has 0 aliphatic heterocycles. The maximum absolute atomic E-state index is 13.9. The van der Waals surface area contributed by atoms with Crippen LogP contribution in [0.25, 0.3) is 0 Å². The highest BCUT2D eigenvalue weighted by atomic mass is 19.1. The predicted molar refractivity (Wildman–Crippen MR) is 131 cm³/mol. The number of hydrogen-bond acceptors (Lipinski definition) is 4. The summed E-state index contributed by atoms with van der Waals surface area (Å²) in [4.78, 5) is 17.1. The summed E-state index contributed by atoms with van der Waals surface area (Å²) in [6, 6.07) is 8.84. The molecule has 3 aliphatic carbocycles. The van der Waals surface area contributed by atoms with E-state index in [0.29, 0.717) is 35.7 Å². The largest absolute Gasteiger partial charge is 0.497 e. The monoisotopic (exact) mass is 474 g/mol. The number of halogens is 1. The van der Waals surface area contributed by atoms with Crippen molar-refractivity contribution in [2.45, 2.75) is 62.7 Å². The first-order valence-electron chi connectivity index (χ1n) is 12.6. The van der Waals surface area contributed by atoms with Crippen molar-refractivity contribution in [1.29, 1.82) is 0 Å². The number of carbonyl (C=O) groups excluding carboxylic acids is 1. The van der Waals surface area contributed by atoms with Crippen molar-refractivity contribution in [2.24, 2.45) is 11.8 Å². The van der Waals surface area contributed by atoms with Gasteiger partial charge in [0.25, 0.3) is 0 Å². The number of benzene rings is 1. The molecule has 7 heteroatoms. The van der Waals surface area contributed by atoms with Crippen LogP contribution < -0.4 is 10.1 Å². The zero-order valence-electron chi connectivity index (χ0n) is 20.2. The third kappa shape index (κ3) is 3.63. The zero-order valence-corrected chi connectivity index (χ0v) is 20.2. The number of H-pyrrole nitrogens is 1. The quantitative estimate of drug-likeness (QED) is 0.513. The van der Waals surface area contributed by atoms with Gasteiger partial charge in [-0.15, -0.1) is 0 Å². The number of aromatic nitrogens is 3. The zero-order chi connectivity index (χ0) is 24.2. The number of pyridine rings is 1. The number of ether oxygens (including phenoxy) is 1. The van der Waals surface area contributed by atoms with Gasteiger partial charge in [-0.05, 0) is 90.7 Å². The van der Waals surface area contributed by atoms with Crippen LogP contribution in [-0.4, -0.2) is 28.2 Å². The summed E-state index contributed by atoms with van der Waals surface area (Å²) in [5.41, 5.74) is 4.97. The number of amides is 1. The molecule has 6 nitrogen and oxygen atoms in total. The molecule has 1 fully saturated rings. The maximum Gasteiger partial charge on any atom is 0.225 e. The Bertz CT molecular complexity index is 1270. The lowest BCUT2D eigenvalue weighted by Gasteiger charge is -2.50. The molecule has 2 aromatic heterocycles. The Labute approximate surface area is 204 Å². The number of rotatable bonds is 5. The maximum atomic E-state index is 13.9. The average Bonchev–Trinajstić information content (AvgIpc) is 3.43. The number of methoxy groups -OCH3 is 1. The SMILES string of the molecule is COc1ccnc(NC(=O)CC[C@@H]2c3c[nH]nc3[C@@]3(C)CCC4c5ccc(F)cc5CCC4C23)c1. The van der Waals surface area contributed by atoms with E-state index in [9.17, 15) is 9.18 Å². The van der Waals surface area contributed by atoms with Gasteiger partial charge in [-0.2, -0.15) is 5.10 Å².